The van der Waals surface area contributed by atoms with Gasteiger partial charge in [-0.2, -0.15) is 0 Å². The van der Waals surface area contributed by atoms with E-state index in [0.29, 0.717) is 49.1 Å². The molecule has 30 heavy (non-hydrogen) atoms. The zero-order chi connectivity index (χ0) is 20.9. The smallest absolute Gasteiger partial charge is 0.267 e. The molecule has 0 radical (unpaired) electrons. The number of anilines is 1. The lowest BCUT2D eigenvalue weighted by atomic mass is 10.2. The fourth-order valence-electron chi connectivity index (χ4n) is 3.61. The van der Waals surface area contributed by atoms with Crippen LogP contribution in [0, 0.1) is 0 Å². The molecule has 8 heteroatoms. The second-order valence-electron chi connectivity index (χ2n) is 7.21. The Morgan fingerprint density at radius 3 is 2.50 bits per heavy atom. The summed E-state index contributed by atoms with van der Waals surface area (Å²) in [5, 5.41) is 2.88. The molecule has 0 saturated carbocycles. The predicted octanol–water partition coefficient (Wildman–Crippen LogP) is 1.62. The highest BCUT2D eigenvalue weighted by molar-refractivity contribution is 5.93. The Morgan fingerprint density at radius 1 is 1.03 bits per heavy atom. The molecule has 8 nitrogen and oxygen atoms in total. The maximum atomic E-state index is 12.8. The first-order valence-electron chi connectivity index (χ1n) is 9.96. The van der Waals surface area contributed by atoms with Crippen LogP contribution in [-0.2, 0) is 9.59 Å². The Morgan fingerprint density at radius 2 is 1.73 bits per heavy atom. The number of nitrogens with one attached hydrogen (secondary N) is 1. The number of hydrogen-bond acceptors (Lipinski definition) is 6. The number of ether oxygens (including phenoxy) is 3. The summed E-state index contributed by atoms with van der Waals surface area (Å²) in [7, 11) is 1.57. The van der Waals surface area contributed by atoms with Crippen LogP contribution in [0.4, 0.5) is 5.69 Å². The van der Waals surface area contributed by atoms with Gasteiger partial charge in [0.25, 0.3) is 5.91 Å². The number of nitrogens with zero attached hydrogens (tertiary/aromatic N) is 2. The van der Waals surface area contributed by atoms with E-state index >= 15 is 0 Å². The van der Waals surface area contributed by atoms with Gasteiger partial charge in [0.2, 0.25) is 12.0 Å². The van der Waals surface area contributed by atoms with Gasteiger partial charge >= 0.3 is 0 Å². The van der Waals surface area contributed by atoms with Crippen molar-refractivity contribution in [3.63, 3.8) is 0 Å². The van der Waals surface area contributed by atoms with Crippen molar-refractivity contribution in [2.24, 2.45) is 0 Å². The van der Waals surface area contributed by atoms with Crippen molar-refractivity contribution in [2.75, 3.05) is 51.8 Å². The Kier molecular flexibility index (Phi) is 6.04. The molecule has 0 aromatic heterocycles. The topological polar surface area (TPSA) is 80.3 Å². The van der Waals surface area contributed by atoms with Gasteiger partial charge < -0.3 is 24.4 Å². The highest BCUT2D eigenvalue weighted by atomic mass is 16.6. The molecule has 2 amide bonds. The highest BCUT2D eigenvalue weighted by Gasteiger charge is 2.32. The SMILES string of the molecule is COc1ccccc1NC(=O)CN1CCN(C(=O)[C@@H]2COc3ccccc3O2)CC1. The fraction of sp³-hybridized carbons (Fsp3) is 0.364. The summed E-state index contributed by atoms with van der Waals surface area (Å²) in [6.45, 7) is 2.79. The van der Waals surface area contributed by atoms with Crippen LogP contribution in [0.15, 0.2) is 48.5 Å². The first kappa shape index (κ1) is 20.0. The maximum absolute atomic E-state index is 12.8. The van der Waals surface area contributed by atoms with E-state index in [0.717, 1.165) is 0 Å². The van der Waals surface area contributed by atoms with Gasteiger partial charge in [0.05, 0.1) is 19.3 Å². The molecule has 1 N–H and O–H groups in total. The summed E-state index contributed by atoms with van der Waals surface area (Å²) in [5.74, 6) is 1.68. The minimum Gasteiger partial charge on any atom is -0.495 e. The van der Waals surface area contributed by atoms with Crippen LogP contribution in [0.25, 0.3) is 0 Å². The zero-order valence-corrected chi connectivity index (χ0v) is 16.9. The number of carbonyl (C=O) groups is 2. The lowest BCUT2D eigenvalue weighted by molar-refractivity contribution is -0.143. The first-order valence-corrected chi connectivity index (χ1v) is 9.96. The van der Waals surface area contributed by atoms with Gasteiger partial charge in [-0.1, -0.05) is 24.3 Å². The summed E-state index contributed by atoms with van der Waals surface area (Å²) in [6, 6.07) is 14.6. The maximum Gasteiger partial charge on any atom is 0.267 e. The highest BCUT2D eigenvalue weighted by Crippen LogP contribution is 2.31. The van der Waals surface area contributed by atoms with Crippen molar-refractivity contribution in [3.8, 4) is 17.2 Å². The van der Waals surface area contributed by atoms with Crippen molar-refractivity contribution >= 4 is 17.5 Å². The molecule has 0 spiro atoms. The minimum atomic E-state index is -0.639. The van der Waals surface area contributed by atoms with Crippen molar-refractivity contribution < 1.29 is 23.8 Å². The molecule has 0 aliphatic carbocycles. The van der Waals surface area contributed by atoms with Crippen LogP contribution >= 0.6 is 0 Å². The number of methoxy groups -OCH3 is 1. The van der Waals surface area contributed by atoms with Crippen LogP contribution in [-0.4, -0.2) is 74.2 Å². The van der Waals surface area contributed by atoms with Gasteiger partial charge in [-0.05, 0) is 24.3 Å². The molecular formula is C22H25N3O5. The molecule has 1 atom stereocenters. The molecule has 2 aromatic rings. The Hall–Kier alpha value is -3.26. The average molecular weight is 411 g/mol. The van der Waals surface area contributed by atoms with Crippen molar-refractivity contribution in [2.45, 2.75) is 6.10 Å². The quantitative estimate of drug-likeness (QED) is 0.806. The van der Waals surface area contributed by atoms with E-state index in [1.807, 2.05) is 35.2 Å². The Bertz CT molecular complexity index is 911. The van der Waals surface area contributed by atoms with E-state index in [4.69, 9.17) is 14.2 Å². The first-order chi connectivity index (χ1) is 14.6. The molecular weight excluding hydrogens is 386 g/mol. The lowest BCUT2D eigenvalue weighted by Gasteiger charge is -2.36. The summed E-state index contributed by atoms with van der Waals surface area (Å²) >= 11 is 0. The van der Waals surface area contributed by atoms with E-state index in [2.05, 4.69) is 5.32 Å². The van der Waals surface area contributed by atoms with Crippen LogP contribution in [0.3, 0.4) is 0 Å². The van der Waals surface area contributed by atoms with E-state index in [-0.39, 0.29) is 25.0 Å². The lowest BCUT2D eigenvalue weighted by Crippen LogP contribution is -2.54. The normalized spacial score (nSPS) is 18.6. The molecule has 1 fully saturated rings. The molecule has 158 valence electrons. The molecule has 2 aromatic carbocycles. The summed E-state index contributed by atoms with van der Waals surface area (Å²) < 4.78 is 16.7. The van der Waals surface area contributed by atoms with E-state index in [1.165, 1.54) is 0 Å². The number of amides is 2. The largest absolute Gasteiger partial charge is 0.495 e. The van der Waals surface area contributed by atoms with Gasteiger partial charge in [0.1, 0.15) is 12.4 Å². The molecule has 2 aliphatic rings. The number of fused-ring (bicyclic) bond motifs is 1. The number of rotatable bonds is 5. The third-order valence-corrected chi connectivity index (χ3v) is 5.22. The third kappa shape index (κ3) is 4.49. The van der Waals surface area contributed by atoms with E-state index in [9.17, 15) is 9.59 Å². The van der Waals surface area contributed by atoms with Gasteiger partial charge in [0, 0.05) is 26.2 Å². The van der Waals surface area contributed by atoms with Gasteiger partial charge in [0.15, 0.2) is 11.5 Å². The van der Waals surface area contributed by atoms with Gasteiger partial charge in [-0.25, -0.2) is 0 Å². The number of para-hydroxylation sites is 4. The molecule has 0 bridgehead atoms. The number of piperazine rings is 1. The number of hydrogen-bond donors (Lipinski definition) is 1. The van der Waals surface area contributed by atoms with Crippen molar-refractivity contribution in [1.29, 1.82) is 0 Å². The fourth-order valence-corrected chi connectivity index (χ4v) is 3.61. The summed E-state index contributed by atoms with van der Waals surface area (Å²) in [6.07, 6.45) is -0.639. The van der Waals surface area contributed by atoms with Crippen LogP contribution in [0.5, 0.6) is 17.2 Å². The standard InChI is InChI=1S/C22H25N3O5/c1-28-17-7-3-2-6-16(17)23-21(26)14-24-10-12-25(13-11-24)22(27)20-15-29-18-8-4-5-9-19(18)30-20/h2-9,20H,10-15H2,1H3,(H,23,26)/t20-/m0/s1. The molecule has 1 saturated heterocycles. The number of carbonyl (C=O) groups excluding carboxylic acids is 2. The zero-order valence-electron chi connectivity index (χ0n) is 16.9. The average Bonchev–Trinajstić information content (AvgIpc) is 2.79. The minimum absolute atomic E-state index is 0.0809. The van der Waals surface area contributed by atoms with E-state index < -0.39 is 6.10 Å². The Labute approximate surface area is 175 Å². The predicted molar refractivity (Wildman–Crippen MR) is 111 cm³/mol. The van der Waals surface area contributed by atoms with Gasteiger partial charge in [-0.15, -0.1) is 0 Å². The number of benzene rings is 2. The van der Waals surface area contributed by atoms with E-state index in [1.54, 1.807) is 30.2 Å². The second kappa shape index (κ2) is 9.04. The molecule has 0 unspecified atom stereocenters. The molecule has 2 aliphatic heterocycles. The van der Waals surface area contributed by atoms with Crippen LogP contribution in [0.2, 0.25) is 0 Å². The monoisotopic (exact) mass is 411 g/mol. The van der Waals surface area contributed by atoms with Gasteiger partial charge in [-0.3, -0.25) is 14.5 Å². The summed E-state index contributed by atoms with van der Waals surface area (Å²) in [4.78, 5) is 29.0. The van der Waals surface area contributed by atoms with Crippen LogP contribution < -0.4 is 19.5 Å². The second-order valence-corrected chi connectivity index (χ2v) is 7.21. The van der Waals surface area contributed by atoms with Crippen molar-refractivity contribution in [3.05, 3.63) is 48.5 Å². The summed E-state index contributed by atoms with van der Waals surface area (Å²) in [5.41, 5.74) is 0.647. The molecule has 2 heterocycles. The van der Waals surface area contributed by atoms with Crippen LogP contribution in [0.1, 0.15) is 0 Å². The van der Waals surface area contributed by atoms with Crippen molar-refractivity contribution in [1.82, 2.24) is 9.80 Å². The molecule has 4 rings (SSSR count). The Balaban J connectivity index is 1.26. The third-order valence-electron chi connectivity index (χ3n) is 5.22.